The number of ether oxygens (including phenoxy) is 2. The minimum absolute atomic E-state index is 0.329. The Morgan fingerprint density at radius 1 is 1.11 bits per heavy atom. The number of carbonyl (C=O) groups is 2. The fraction of sp³-hybridized carbons (Fsp3) is 0.333. The van der Waals surface area contributed by atoms with Crippen LogP contribution in [0.25, 0.3) is 11.1 Å². The van der Waals surface area contributed by atoms with Gasteiger partial charge >= 0.3 is 6.09 Å². The van der Waals surface area contributed by atoms with Gasteiger partial charge in [-0.2, -0.15) is 0 Å². The molecule has 6 heteroatoms. The Bertz CT molecular complexity index is 825. The van der Waals surface area contributed by atoms with Crippen molar-refractivity contribution in [2.45, 2.75) is 33.3 Å². The van der Waals surface area contributed by atoms with Crippen LogP contribution < -0.4 is 15.8 Å². The van der Waals surface area contributed by atoms with Gasteiger partial charge in [-0.3, -0.25) is 4.79 Å². The van der Waals surface area contributed by atoms with Crippen LogP contribution in [0.1, 0.15) is 36.7 Å². The first-order valence-corrected chi connectivity index (χ1v) is 8.76. The summed E-state index contributed by atoms with van der Waals surface area (Å²) in [4.78, 5) is 22.9. The second-order valence-corrected chi connectivity index (χ2v) is 7.20. The molecule has 0 unspecified atom stereocenters. The Labute approximate surface area is 159 Å². The van der Waals surface area contributed by atoms with E-state index < -0.39 is 17.6 Å². The van der Waals surface area contributed by atoms with Crippen molar-refractivity contribution in [1.29, 1.82) is 0 Å². The number of nitrogens with one attached hydrogen (secondary N) is 1. The lowest BCUT2D eigenvalue weighted by atomic mass is 9.98. The van der Waals surface area contributed by atoms with Gasteiger partial charge in [-0.15, -0.1) is 0 Å². The van der Waals surface area contributed by atoms with Crippen molar-refractivity contribution in [2.75, 3.05) is 13.2 Å². The predicted molar refractivity (Wildman–Crippen MR) is 105 cm³/mol. The van der Waals surface area contributed by atoms with Crippen molar-refractivity contribution < 1.29 is 19.1 Å². The van der Waals surface area contributed by atoms with E-state index in [-0.39, 0.29) is 0 Å². The lowest BCUT2D eigenvalue weighted by Crippen LogP contribution is -2.34. The van der Waals surface area contributed by atoms with Crippen LogP contribution >= 0.6 is 0 Å². The minimum atomic E-state index is -0.524. The summed E-state index contributed by atoms with van der Waals surface area (Å²) in [5, 5.41) is 2.65. The largest absolute Gasteiger partial charge is 0.492 e. The molecule has 0 aliphatic heterocycles. The minimum Gasteiger partial charge on any atom is -0.492 e. The molecule has 0 aliphatic rings. The molecular weight excluding hydrogens is 344 g/mol. The topological polar surface area (TPSA) is 90.7 Å². The molecule has 144 valence electrons. The molecule has 0 saturated heterocycles. The maximum atomic E-state index is 11.6. The molecule has 0 saturated carbocycles. The number of carbonyl (C=O) groups excluding carboxylic acids is 2. The smallest absolute Gasteiger partial charge is 0.407 e. The van der Waals surface area contributed by atoms with Gasteiger partial charge in [0.2, 0.25) is 5.91 Å². The molecule has 27 heavy (non-hydrogen) atoms. The van der Waals surface area contributed by atoms with Crippen LogP contribution in [0.5, 0.6) is 5.75 Å². The van der Waals surface area contributed by atoms with Gasteiger partial charge in [0.15, 0.2) is 0 Å². The van der Waals surface area contributed by atoms with Crippen LogP contribution in [0.2, 0.25) is 0 Å². The molecule has 2 aromatic rings. The molecular formula is C21H26N2O4. The normalized spacial score (nSPS) is 11.0. The third kappa shape index (κ3) is 6.33. The van der Waals surface area contributed by atoms with Crippen molar-refractivity contribution >= 4 is 12.0 Å². The summed E-state index contributed by atoms with van der Waals surface area (Å²) in [7, 11) is 0. The fourth-order valence-electron chi connectivity index (χ4n) is 2.53. The standard InChI is InChI=1S/C21H26N2O4/c1-14-12-17(26-11-10-23-20(25)27-21(2,3)4)8-9-18(14)15-6-5-7-16(13-15)19(22)24/h5-9,12-13H,10-11H2,1-4H3,(H2,22,24)(H,23,25). The zero-order valence-electron chi connectivity index (χ0n) is 16.2. The SMILES string of the molecule is Cc1cc(OCCNC(=O)OC(C)(C)C)ccc1-c1cccc(C(N)=O)c1. The van der Waals surface area contributed by atoms with Crippen LogP contribution in [0.3, 0.4) is 0 Å². The summed E-state index contributed by atoms with van der Waals surface area (Å²) in [6, 6.07) is 12.9. The molecule has 6 nitrogen and oxygen atoms in total. The van der Waals surface area contributed by atoms with Crippen LogP contribution in [-0.4, -0.2) is 30.8 Å². The first-order chi connectivity index (χ1) is 12.7. The van der Waals surface area contributed by atoms with E-state index in [0.29, 0.717) is 24.5 Å². The van der Waals surface area contributed by atoms with E-state index in [1.807, 2.05) is 58.0 Å². The Kier molecular flexibility index (Phi) is 6.45. The van der Waals surface area contributed by atoms with Crippen LogP contribution in [0.4, 0.5) is 4.79 Å². The maximum absolute atomic E-state index is 11.6. The van der Waals surface area contributed by atoms with Crippen molar-refractivity contribution in [1.82, 2.24) is 5.32 Å². The first-order valence-electron chi connectivity index (χ1n) is 8.76. The summed E-state index contributed by atoms with van der Waals surface area (Å²) in [6.45, 7) is 8.08. The molecule has 0 bridgehead atoms. The number of rotatable bonds is 6. The lowest BCUT2D eigenvalue weighted by molar-refractivity contribution is 0.0520. The Morgan fingerprint density at radius 3 is 2.48 bits per heavy atom. The zero-order valence-corrected chi connectivity index (χ0v) is 16.2. The van der Waals surface area contributed by atoms with Crippen LogP contribution in [-0.2, 0) is 4.74 Å². The summed E-state index contributed by atoms with van der Waals surface area (Å²) >= 11 is 0. The number of benzene rings is 2. The molecule has 2 rings (SSSR count). The number of hydrogen-bond acceptors (Lipinski definition) is 4. The van der Waals surface area contributed by atoms with Crippen molar-refractivity contribution in [2.24, 2.45) is 5.73 Å². The molecule has 2 amide bonds. The van der Waals surface area contributed by atoms with E-state index in [4.69, 9.17) is 15.2 Å². The number of nitrogens with two attached hydrogens (primary N) is 1. The summed E-state index contributed by atoms with van der Waals surface area (Å²) < 4.78 is 10.8. The van der Waals surface area contributed by atoms with Gasteiger partial charge in [0.1, 0.15) is 18.0 Å². The maximum Gasteiger partial charge on any atom is 0.407 e. The van der Waals surface area contributed by atoms with Crippen molar-refractivity contribution in [3.63, 3.8) is 0 Å². The van der Waals surface area contributed by atoms with E-state index in [9.17, 15) is 9.59 Å². The van der Waals surface area contributed by atoms with Gasteiger partial charge in [-0.25, -0.2) is 4.79 Å². The van der Waals surface area contributed by atoms with Gasteiger partial charge in [-0.1, -0.05) is 18.2 Å². The van der Waals surface area contributed by atoms with E-state index in [1.54, 1.807) is 12.1 Å². The average molecular weight is 370 g/mol. The van der Waals surface area contributed by atoms with Crippen molar-refractivity contribution in [3.05, 3.63) is 53.6 Å². The third-order valence-corrected chi connectivity index (χ3v) is 3.69. The van der Waals surface area contributed by atoms with Crippen LogP contribution in [0.15, 0.2) is 42.5 Å². The number of alkyl carbamates (subject to hydrolysis) is 1. The van der Waals surface area contributed by atoms with E-state index in [0.717, 1.165) is 16.7 Å². The second-order valence-electron chi connectivity index (χ2n) is 7.20. The lowest BCUT2D eigenvalue weighted by Gasteiger charge is -2.19. The molecule has 0 aliphatic carbocycles. The van der Waals surface area contributed by atoms with E-state index >= 15 is 0 Å². The number of hydrogen-bond donors (Lipinski definition) is 2. The Balaban J connectivity index is 1.94. The molecule has 0 fully saturated rings. The summed E-state index contributed by atoms with van der Waals surface area (Å²) in [5.74, 6) is 0.250. The molecule has 0 atom stereocenters. The quantitative estimate of drug-likeness (QED) is 0.759. The highest BCUT2D eigenvalue weighted by Crippen LogP contribution is 2.27. The Morgan fingerprint density at radius 2 is 1.85 bits per heavy atom. The first kappa shape index (κ1) is 20.3. The van der Waals surface area contributed by atoms with E-state index in [1.165, 1.54) is 0 Å². The molecule has 3 N–H and O–H groups in total. The van der Waals surface area contributed by atoms with Crippen molar-refractivity contribution in [3.8, 4) is 16.9 Å². The Hall–Kier alpha value is -3.02. The highest BCUT2D eigenvalue weighted by Gasteiger charge is 2.15. The highest BCUT2D eigenvalue weighted by atomic mass is 16.6. The van der Waals surface area contributed by atoms with E-state index in [2.05, 4.69) is 5.32 Å². The summed E-state index contributed by atoms with van der Waals surface area (Å²) in [6.07, 6.45) is -0.466. The third-order valence-electron chi connectivity index (χ3n) is 3.69. The van der Waals surface area contributed by atoms with Gasteiger partial charge in [0, 0.05) is 5.56 Å². The number of aryl methyl sites for hydroxylation is 1. The monoisotopic (exact) mass is 370 g/mol. The fourth-order valence-corrected chi connectivity index (χ4v) is 2.53. The van der Waals surface area contributed by atoms with Gasteiger partial charge in [0.05, 0.1) is 6.54 Å². The number of amides is 2. The van der Waals surface area contributed by atoms with Crippen LogP contribution in [0, 0.1) is 6.92 Å². The summed E-state index contributed by atoms with van der Waals surface area (Å²) in [5.41, 5.74) is 8.22. The molecule has 2 aromatic carbocycles. The molecule has 0 spiro atoms. The average Bonchev–Trinajstić information content (AvgIpc) is 2.57. The van der Waals surface area contributed by atoms with Gasteiger partial charge in [0.25, 0.3) is 0 Å². The zero-order chi connectivity index (χ0) is 20.0. The number of primary amides is 1. The molecule has 0 radical (unpaired) electrons. The predicted octanol–water partition coefficient (Wildman–Crippen LogP) is 3.66. The van der Waals surface area contributed by atoms with Gasteiger partial charge in [-0.05, 0) is 68.7 Å². The highest BCUT2D eigenvalue weighted by molar-refractivity contribution is 5.94. The molecule has 0 heterocycles. The van der Waals surface area contributed by atoms with Gasteiger partial charge < -0.3 is 20.5 Å². The molecule has 0 aromatic heterocycles. The second kappa shape index (κ2) is 8.58.